The van der Waals surface area contributed by atoms with Crippen LogP contribution in [-0.2, 0) is 47.5 Å². The zero-order valence-corrected chi connectivity index (χ0v) is 30.3. The lowest BCUT2D eigenvalue weighted by atomic mass is 9.88. The summed E-state index contributed by atoms with van der Waals surface area (Å²) in [6.07, 6.45) is -35.1. The zero-order valence-electron chi connectivity index (χ0n) is 30.3. The van der Waals surface area contributed by atoms with Gasteiger partial charge in [-0.2, -0.15) is 0 Å². The molecule has 4 aliphatic heterocycles. The summed E-state index contributed by atoms with van der Waals surface area (Å²) in [5.74, 6) is -6.69. The standard InChI is InChI=1S/C31H52N2O23/c1-8-17(41)20(44)21(45)28(50-8)54-25-16(33-10(3)38)27(47)51-14(7-36)23(25)53-29-22(46)26(19(43)13(6-35)52-29)56-31(30(48)49)4-11(39)15(32-9(2)37)24(55-31)18(42)12(40)5-34/h8,11-29,34-36,39-47H,4-7H2,1-3H3,(H,32,37)(H,33,38)(H,48,49)/t8?,11-,12-,13?,14?,15-,16+,17-,18-,19+,20+,21?,22+,23-,24?,25?,26?,27-,28+,29+,31+/m1/s1. The number of aliphatic carboxylic acids is 1. The maximum atomic E-state index is 12.9. The lowest BCUT2D eigenvalue weighted by Crippen LogP contribution is -2.71. The number of hydrogen-bond acceptors (Lipinski definition) is 22. The van der Waals surface area contributed by atoms with Gasteiger partial charge in [0.05, 0.1) is 38.1 Å². The molecule has 324 valence electrons. The summed E-state index contributed by atoms with van der Waals surface area (Å²) >= 11 is 0. The van der Waals surface area contributed by atoms with Crippen molar-refractivity contribution in [3.8, 4) is 0 Å². The van der Waals surface area contributed by atoms with E-state index in [1.165, 1.54) is 6.92 Å². The maximum Gasteiger partial charge on any atom is 0.364 e. The van der Waals surface area contributed by atoms with Crippen LogP contribution in [0.25, 0.3) is 0 Å². The molecule has 4 fully saturated rings. The molecule has 0 aliphatic carbocycles. The second-order valence-electron chi connectivity index (χ2n) is 14.0. The minimum atomic E-state index is -3.12. The summed E-state index contributed by atoms with van der Waals surface area (Å²) < 4.78 is 39.7. The summed E-state index contributed by atoms with van der Waals surface area (Å²) in [6, 6.07) is -3.22. The second-order valence-corrected chi connectivity index (χ2v) is 14.0. The third kappa shape index (κ3) is 9.74. The van der Waals surface area contributed by atoms with E-state index in [2.05, 4.69) is 10.6 Å². The number of aliphatic hydroxyl groups excluding tert-OH is 12. The van der Waals surface area contributed by atoms with Gasteiger partial charge in [0.2, 0.25) is 11.8 Å². The Balaban J connectivity index is 1.71. The highest BCUT2D eigenvalue weighted by Gasteiger charge is 2.60. The lowest BCUT2D eigenvalue weighted by Gasteiger charge is -2.51. The summed E-state index contributed by atoms with van der Waals surface area (Å²) in [5, 5.41) is 142. The summed E-state index contributed by atoms with van der Waals surface area (Å²) in [5.41, 5.74) is 0. The first-order valence-corrected chi connectivity index (χ1v) is 17.6. The van der Waals surface area contributed by atoms with E-state index in [0.29, 0.717) is 0 Å². The fraction of sp³-hybridized carbons (Fsp3) is 0.903. The van der Waals surface area contributed by atoms with Gasteiger partial charge in [0.15, 0.2) is 18.9 Å². The maximum absolute atomic E-state index is 12.9. The van der Waals surface area contributed by atoms with Gasteiger partial charge in [-0.3, -0.25) is 9.59 Å². The molecule has 15 N–H and O–H groups in total. The predicted octanol–water partition coefficient (Wildman–Crippen LogP) is -9.23. The fourth-order valence-corrected chi connectivity index (χ4v) is 6.99. The molecule has 2 amide bonds. The van der Waals surface area contributed by atoms with Crippen molar-refractivity contribution < 1.29 is 114 Å². The van der Waals surface area contributed by atoms with E-state index in [9.17, 15) is 80.8 Å². The van der Waals surface area contributed by atoms with Crippen LogP contribution in [0, 0.1) is 0 Å². The van der Waals surface area contributed by atoms with Gasteiger partial charge in [-0.25, -0.2) is 4.79 Å². The van der Waals surface area contributed by atoms with Crippen molar-refractivity contribution in [2.45, 2.75) is 155 Å². The van der Waals surface area contributed by atoms with Crippen molar-refractivity contribution in [1.29, 1.82) is 0 Å². The van der Waals surface area contributed by atoms with Crippen molar-refractivity contribution in [1.82, 2.24) is 10.6 Å². The van der Waals surface area contributed by atoms with Crippen LogP contribution in [0.4, 0.5) is 0 Å². The zero-order chi connectivity index (χ0) is 42.0. The van der Waals surface area contributed by atoms with E-state index < -0.39 is 172 Å². The molecule has 4 saturated heterocycles. The molecule has 25 heteroatoms. The number of ether oxygens (including phenoxy) is 7. The van der Waals surface area contributed by atoms with Crippen LogP contribution < -0.4 is 10.6 Å². The number of amides is 2. The van der Waals surface area contributed by atoms with Crippen molar-refractivity contribution in [3.63, 3.8) is 0 Å². The normalized spacial score (nSPS) is 45.7. The minimum Gasteiger partial charge on any atom is -0.477 e. The molecule has 0 aromatic heterocycles. The van der Waals surface area contributed by atoms with Gasteiger partial charge in [-0.05, 0) is 6.92 Å². The molecule has 25 nitrogen and oxygen atoms in total. The van der Waals surface area contributed by atoms with Gasteiger partial charge in [0.1, 0.15) is 85.4 Å². The molecule has 21 atom stereocenters. The Morgan fingerprint density at radius 3 is 1.86 bits per heavy atom. The highest BCUT2D eigenvalue weighted by molar-refractivity contribution is 5.76. The van der Waals surface area contributed by atoms with Gasteiger partial charge >= 0.3 is 5.97 Å². The predicted molar refractivity (Wildman–Crippen MR) is 173 cm³/mol. The van der Waals surface area contributed by atoms with E-state index in [-0.39, 0.29) is 0 Å². The van der Waals surface area contributed by atoms with Gasteiger partial charge in [0, 0.05) is 20.3 Å². The highest BCUT2D eigenvalue weighted by Crippen LogP contribution is 2.39. The molecule has 56 heavy (non-hydrogen) atoms. The van der Waals surface area contributed by atoms with Crippen LogP contribution >= 0.6 is 0 Å². The van der Waals surface area contributed by atoms with Crippen molar-refractivity contribution in [2.24, 2.45) is 0 Å². The average molecular weight is 821 g/mol. The van der Waals surface area contributed by atoms with Crippen LogP contribution in [-0.4, -0.2) is 232 Å². The van der Waals surface area contributed by atoms with Crippen LogP contribution in [0.5, 0.6) is 0 Å². The summed E-state index contributed by atoms with van der Waals surface area (Å²) in [6.45, 7) is 0.283. The fourth-order valence-electron chi connectivity index (χ4n) is 6.99. The lowest BCUT2D eigenvalue weighted by molar-refractivity contribution is -0.390. The molecule has 0 saturated carbocycles. The topological polar surface area (TPSA) is 403 Å². The van der Waals surface area contributed by atoms with E-state index in [1.54, 1.807) is 0 Å². The number of carboxylic acids is 1. The third-order valence-corrected chi connectivity index (χ3v) is 9.94. The molecular weight excluding hydrogens is 768 g/mol. The van der Waals surface area contributed by atoms with Gasteiger partial charge in [-0.1, -0.05) is 0 Å². The molecule has 0 bridgehead atoms. The molecule has 0 aromatic rings. The molecule has 0 radical (unpaired) electrons. The number of nitrogens with one attached hydrogen (secondary N) is 2. The van der Waals surface area contributed by atoms with E-state index in [4.69, 9.17) is 33.2 Å². The Hall–Kier alpha value is -2.35. The number of carbonyl (C=O) groups excluding carboxylic acids is 2. The molecule has 0 aromatic carbocycles. The number of rotatable bonds is 14. The minimum absolute atomic E-state index is 0.767. The highest BCUT2D eigenvalue weighted by atomic mass is 16.8. The molecule has 0 spiro atoms. The van der Waals surface area contributed by atoms with Crippen LogP contribution in [0.15, 0.2) is 0 Å². The SMILES string of the molecule is CC(=O)N[C@H]1C([C@H](O)[C@H](O)CO)O[C@@](OC2[C@@H](O)C(CO)O[C@@H](O[C@@H]3C(CO)O[C@@H](O)[C@@H](NC(C)=O)C3O[C@@H]3OC(C)[C@@H](O)[C@H](O)C3O)[C@H]2O)(C(=O)O)C[C@H]1O. The average Bonchev–Trinajstić information content (AvgIpc) is 3.14. The number of carbonyl (C=O) groups is 3. The Morgan fingerprint density at radius 2 is 1.30 bits per heavy atom. The van der Waals surface area contributed by atoms with E-state index in [1.807, 2.05) is 0 Å². The smallest absolute Gasteiger partial charge is 0.364 e. The molecule has 7 unspecified atom stereocenters. The van der Waals surface area contributed by atoms with Gasteiger partial charge in [-0.15, -0.1) is 0 Å². The van der Waals surface area contributed by atoms with E-state index >= 15 is 0 Å². The van der Waals surface area contributed by atoms with E-state index in [0.717, 1.165) is 13.8 Å². The molecular formula is C31H52N2O23. The van der Waals surface area contributed by atoms with Gasteiger partial charge in [0.25, 0.3) is 5.79 Å². The number of aliphatic hydroxyl groups is 12. The Bertz CT molecular complexity index is 1330. The third-order valence-electron chi connectivity index (χ3n) is 9.94. The quantitative estimate of drug-likeness (QED) is 0.0773. The molecule has 4 aliphatic rings. The number of hydrogen-bond donors (Lipinski definition) is 15. The van der Waals surface area contributed by atoms with Crippen molar-refractivity contribution in [3.05, 3.63) is 0 Å². The summed E-state index contributed by atoms with van der Waals surface area (Å²) in [4.78, 5) is 37.0. The Morgan fingerprint density at radius 1 is 0.732 bits per heavy atom. The van der Waals surface area contributed by atoms with Crippen LogP contribution in [0.2, 0.25) is 0 Å². The monoisotopic (exact) mass is 820 g/mol. The van der Waals surface area contributed by atoms with Gasteiger partial charge < -0.3 is 110 Å². The molecule has 4 heterocycles. The summed E-state index contributed by atoms with van der Waals surface area (Å²) in [7, 11) is 0. The van der Waals surface area contributed by atoms with Crippen LogP contribution in [0.3, 0.4) is 0 Å². The Labute approximate surface area is 317 Å². The first-order valence-electron chi connectivity index (χ1n) is 17.6. The van der Waals surface area contributed by atoms with Crippen LogP contribution in [0.1, 0.15) is 27.2 Å². The molecule has 4 rings (SSSR count). The van der Waals surface area contributed by atoms with Crippen molar-refractivity contribution >= 4 is 17.8 Å². The second kappa shape index (κ2) is 19.1. The first kappa shape index (κ1) is 46.3. The Kier molecular flexibility index (Phi) is 15.8. The first-order chi connectivity index (χ1) is 26.2. The number of carboxylic acid groups (broad SMARTS) is 1. The largest absolute Gasteiger partial charge is 0.477 e. The van der Waals surface area contributed by atoms with Crippen molar-refractivity contribution in [2.75, 3.05) is 19.8 Å².